The van der Waals surface area contributed by atoms with Crippen LogP contribution < -0.4 is 5.32 Å². The Morgan fingerprint density at radius 3 is 2.52 bits per heavy atom. The van der Waals surface area contributed by atoms with Crippen LogP contribution in [0.1, 0.15) is 40.1 Å². The number of nitrogens with one attached hydrogen (secondary N) is 1. The van der Waals surface area contributed by atoms with E-state index in [1.165, 1.54) is 5.56 Å². The van der Waals surface area contributed by atoms with Gasteiger partial charge in [-0.1, -0.05) is 54.2 Å². The standard InChI is InChI=1S/C20H20N2OS2/c1-14-12-24-20(21-14)25-13-16-8-10-18(11-9-16)19(23)22-15(2)17-6-4-3-5-7-17/h3-12,15H,13H2,1-2H3,(H,22,23). The molecule has 0 saturated heterocycles. The minimum absolute atomic E-state index is 0.0166. The van der Waals surface area contributed by atoms with E-state index in [0.29, 0.717) is 5.56 Å². The molecule has 0 spiro atoms. The van der Waals surface area contributed by atoms with E-state index in [1.54, 1.807) is 23.1 Å². The highest BCUT2D eigenvalue weighted by molar-refractivity contribution is 8.00. The highest BCUT2D eigenvalue weighted by atomic mass is 32.2. The van der Waals surface area contributed by atoms with Crippen molar-refractivity contribution in [3.8, 4) is 0 Å². The number of carbonyl (C=O) groups is 1. The molecule has 0 aliphatic rings. The van der Waals surface area contributed by atoms with Crippen molar-refractivity contribution >= 4 is 29.0 Å². The lowest BCUT2D eigenvalue weighted by molar-refractivity contribution is 0.0940. The van der Waals surface area contributed by atoms with Crippen molar-refractivity contribution in [3.63, 3.8) is 0 Å². The average molecular weight is 369 g/mol. The maximum atomic E-state index is 12.4. The zero-order chi connectivity index (χ0) is 17.6. The first-order chi connectivity index (χ1) is 12.1. The van der Waals surface area contributed by atoms with Crippen LogP contribution in [0, 0.1) is 6.92 Å². The fourth-order valence-electron chi connectivity index (χ4n) is 2.40. The quantitative estimate of drug-likeness (QED) is 0.605. The molecule has 0 aliphatic carbocycles. The molecule has 0 fully saturated rings. The summed E-state index contributed by atoms with van der Waals surface area (Å²) >= 11 is 3.39. The van der Waals surface area contributed by atoms with Gasteiger partial charge in [-0.2, -0.15) is 0 Å². The van der Waals surface area contributed by atoms with Gasteiger partial charge in [-0.25, -0.2) is 4.98 Å². The average Bonchev–Trinajstić information content (AvgIpc) is 3.06. The van der Waals surface area contributed by atoms with E-state index in [9.17, 15) is 4.79 Å². The van der Waals surface area contributed by atoms with Crippen LogP contribution in [0.15, 0.2) is 64.3 Å². The molecular formula is C20H20N2OS2. The van der Waals surface area contributed by atoms with E-state index in [2.05, 4.69) is 15.7 Å². The predicted molar refractivity (Wildman–Crippen MR) is 105 cm³/mol. The summed E-state index contributed by atoms with van der Waals surface area (Å²) in [7, 11) is 0. The minimum atomic E-state index is -0.0499. The van der Waals surface area contributed by atoms with Crippen molar-refractivity contribution in [2.45, 2.75) is 30.0 Å². The molecule has 128 valence electrons. The fourth-order valence-corrected chi connectivity index (χ4v) is 4.21. The normalized spacial score (nSPS) is 11.9. The van der Waals surface area contributed by atoms with Gasteiger partial charge >= 0.3 is 0 Å². The summed E-state index contributed by atoms with van der Waals surface area (Å²) in [5, 5.41) is 5.10. The van der Waals surface area contributed by atoms with Crippen LogP contribution in [0.4, 0.5) is 0 Å². The van der Waals surface area contributed by atoms with Gasteiger partial charge < -0.3 is 5.32 Å². The van der Waals surface area contributed by atoms with E-state index in [4.69, 9.17) is 0 Å². The molecule has 0 bridgehead atoms. The second kappa shape index (κ2) is 8.32. The van der Waals surface area contributed by atoms with Crippen LogP contribution in [-0.2, 0) is 5.75 Å². The summed E-state index contributed by atoms with van der Waals surface area (Å²) in [5.41, 5.74) is 4.03. The van der Waals surface area contributed by atoms with Crippen molar-refractivity contribution < 1.29 is 4.79 Å². The van der Waals surface area contributed by atoms with Crippen LogP contribution in [0.5, 0.6) is 0 Å². The van der Waals surface area contributed by atoms with Gasteiger partial charge in [0, 0.05) is 22.4 Å². The Hall–Kier alpha value is -2.11. The van der Waals surface area contributed by atoms with Gasteiger partial charge in [0.05, 0.1) is 6.04 Å². The molecule has 25 heavy (non-hydrogen) atoms. The molecule has 0 radical (unpaired) electrons. The van der Waals surface area contributed by atoms with Gasteiger partial charge in [0.15, 0.2) is 0 Å². The molecule has 3 aromatic rings. The first-order valence-electron chi connectivity index (χ1n) is 8.11. The molecule has 1 aromatic heterocycles. The number of benzene rings is 2. The molecule has 5 heteroatoms. The van der Waals surface area contributed by atoms with Crippen molar-refractivity contribution in [2.24, 2.45) is 0 Å². The summed E-state index contributed by atoms with van der Waals surface area (Å²) in [5.74, 6) is 0.807. The van der Waals surface area contributed by atoms with Gasteiger partial charge in [-0.15, -0.1) is 11.3 Å². The van der Waals surface area contributed by atoms with Gasteiger partial charge in [0.1, 0.15) is 4.34 Å². The van der Waals surface area contributed by atoms with Gasteiger partial charge in [0.25, 0.3) is 5.91 Å². The van der Waals surface area contributed by atoms with Gasteiger partial charge in [0.2, 0.25) is 0 Å². The number of nitrogens with zero attached hydrogens (tertiary/aromatic N) is 1. The maximum Gasteiger partial charge on any atom is 0.251 e. The van der Waals surface area contributed by atoms with Gasteiger partial charge in [-0.05, 0) is 37.1 Å². The Balaban J connectivity index is 1.57. The molecule has 1 heterocycles. The Labute approximate surface area is 156 Å². The molecule has 3 nitrogen and oxygen atoms in total. The first kappa shape index (κ1) is 17.7. The monoisotopic (exact) mass is 368 g/mol. The van der Waals surface area contributed by atoms with Gasteiger partial charge in [-0.3, -0.25) is 4.79 Å². The highest BCUT2D eigenvalue weighted by Gasteiger charge is 2.11. The van der Waals surface area contributed by atoms with Crippen molar-refractivity contribution in [3.05, 3.63) is 82.4 Å². The minimum Gasteiger partial charge on any atom is -0.346 e. The smallest absolute Gasteiger partial charge is 0.251 e. The lowest BCUT2D eigenvalue weighted by atomic mass is 10.1. The Bertz CT molecular complexity index is 828. The third-order valence-corrected chi connectivity index (χ3v) is 6.03. The van der Waals surface area contributed by atoms with Crippen molar-refractivity contribution in [1.82, 2.24) is 10.3 Å². The molecule has 1 atom stereocenters. The second-order valence-corrected chi connectivity index (χ2v) is 7.93. The van der Waals surface area contributed by atoms with Crippen molar-refractivity contribution in [2.75, 3.05) is 0 Å². The van der Waals surface area contributed by atoms with E-state index in [0.717, 1.165) is 21.3 Å². The zero-order valence-electron chi connectivity index (χ0n) is 14.2. The molecule has 0 saturated carbocycles. The van der Waals surface area contributed by atoms with Crippen LogP contribution in [-0.4, -0.2) is 10.9 Å². The van der Waals surface area contributed by atoms with Crippen molar-refractivity contribution in [1.29, 1.82) is 0 Å². The Kier molecular flexibility index (Phi) is 5.89. The summed E-state index contributed by atoms with van der Waals surface area (Å²) in [4.78, 5) is 16.8. The molecule has 2 aromatic carbocycles. The number of hydrogen-bond acceptors (Lipinski definition) is 4. The molecule has 1 amide bonds. The van der Waals surface area contributed by atoms with Crippen LogP contribution >= 0.6 is 23.1 Å². The second-order valence-electron chi connectivity index (χ2n) is 5.85. The first-order valence-corrected chi connectivity index (χ1v) is 9.98. The summed E-state index contributed by atoms with van der Waals surface area (Å²) < 4.78 is 1.08. The summed E-state index contributed by atoms with van der Waals surface area (Å²) in [6, 6.07) is 17.7. The number of rotatable bonds is 6. The lowest BCUT2D eigenvalue weighted by Crippen LogP contribution is -2.26. The molecule has 0 aliphatic heterocycles. The van der Waals surface area contributed by atoms with E-state index < -0.39 is 0 Å². The number of hydrogen-bond donors (Lipinski definition) is 1. The van der Waals surface area contributed by atoms with Crippen LogP contribution in [0.2, 0.25) is 0 Å². The molecule has 1 unspecified atom stereocenters. The number of carbonyl (C=O) groups excluding carboxylic acids is 1. The summed E-state index contributed by atoms with van der Waals surface area (Å²) in [6.45, 7) is 4.00. The fraction of sp³-hybridized carbons (Fsp3) is 0.200. The topological polar surface area (TPSA) is 42.0 Å². The SMILES string of the molecule is Cc1csc(SCc2ccc(C(=O)NC(C)c3ccccc3)cc2)n1. The summed E-state index contributed by atoms with van der Waals surface area (Å²) in [6.07, 6.45) is 0. The number of thiazole rings is 1. The van der Waals surface area contributed by atoms with Crippen LogP contribution in [0.25, 0.3) is 0 Å². The molecular weight excluding hydrogens is 348 g/mol. The number of amides is 1. The van der Waals surface area contributed by atoms with E-state index in [1.807, 2.05) is 68.4 Å². The number of aryl methyl sites for hydroxylation is 1. The molecule has 3 rings (SSSR count). The highest BCUT2D eigenvalue weighted by Crippen LogP contribution is 2.26. The van der Waals surface area contributed by atoms with E-state index >= 15 is 0 Å². The third-order valence-electron chi connectivity index (χ3n) is 3.82. The van der Waals surface area contributed by atoms with E-state index in [-0.39, 0.29) is 11.9 Å². The predicted octanol–water partition coefficient (Wildman–Crippen LogP) is 5.23. The molecule has 1 N–H and O–H groups in total. The zero-order valence-corrected chi connectivity index (χ0v) is 15.9. The van der Waals surface area contributed by atoms with Crippen LogP contribution in [0.3, 0.4) is 0 Å². The third kappa shape index (κ3) is 4.94. The Morgan fingerprint density at radius 2 is 1.88 bits per heavy atom. The number of thioether (sulfide) groups is 1. The maximum absolute atomic E-state index is 12.4. The Morgan fingerprint density at radius 1 is 1.16 bits per heavy atom. The lowest BCUT2D eigenvalue weighted by Gasteiger charge is -2.14. The number of aromatic nitrogens is 1. The largest absolute Gasteiger partial charge is 0.346 e.